The molecule has 1 fully saturated rings. The maximum absolute atomic E-state index is 12.3. The van der Waals surface area contributed by atoms with Gasteiger partial charge in [-0.3, -0.25) is 4.79 Å². The standard InChI is InChI=1S/C16H24N2O3S/c1-16(2,3)18-22(20,21)14-10-6-7-12(11-14)15(19)17-13-8-4-5-9-13/h6-7,10-11,13,18H,4-5,8-9H2,1-3H3,(H,17,19). The molecule has 22 heavy (non-hydrogen) atoms. The van der Waals surface area contributed by atoms with Gasteiger partial charge in [0, 0.05) is 17.1 Å². The van der Waals surface area contributed by atoms with E-state index in [9.17, 15) is 13.2 Å². The first-order chi connectivity index (χ1) is 10.2. The number of hydrogen-bond donors (Lipinski definition) is 2. The van der Waals surface area contributed by atoms with E-state index in [1.807, 2.05) is 0 Å². The molecule has 1 aromatic rings. The average molecular weight is 324 g/mol. The van der Waals surface area contributed by atoms with Crippen LogP contribution in [0.2, 0.25) is 0 Å². The molecule has 0 heterocycles. The number of amides is 1. The third-order valence-electron chi connectivity index (χ3n) is 3.54. The van der Waals surface area contributed by atoms with Gasteiger partial charge in [-0.2, -0.15) is 0 Å². The number of hydrogen-bond acceptors (Lipinski definition) is 3. The van der Waals surface area contributed by atoms with Crippen LogP contribution in [-0.2, 0) is 10.0 Å². The minimum absolute atomic E-state index is 0.112. The van der Waals surface area contributed by atoms with Crippen LogP contribution in [0, 0.1) is 0 Å². The normalized spacial score (nSPS) is 16.7. The summed E-state index contributed by atoms with van der Waals surface area (Å²) in [6.45, 7) is 5.34. The average Bonchev–Trinajstić information content (AvgIpc) is 2.89. The van der Waals surface area contributed by atoms with Gasteiger partial charge in [-0.25, -0.2) is 13.1 Å². The molecule has 5 nitrogen and oxygen atoms in total. The second kappa shape index (κ2) is 6.38. The number of rotatable bonds is 4. The van der Waals surface area contributed by atoms with E-state index in [2.05, 4.69) is 10.0 Å². The van der Waals surface area contributed by atoms with Gasteiger partial charge in [-0.05, 0) is 51.8 Å². The van der Waals surface area contributed by atoms with Gasteiger partial charge < -0.3 is 5.32 Å². The van der Waals surface area contributed by atoms with Crippen molar-refractivity contribution in [3.05, 3.63) is 29.8 Å². The van der Waals surface area contributed by atoms with Crippen LogP contribution >= 0.6 is 0 Å². The lowest BCUT2D eigenvalue weighted by Crippen LogP contribution is -2.40. The smallest absolute Gasteiger partial charge is 0.251 e. The molecule has 1 aliphatic rings. The molecule has 0 atom stereocenters. The van der Waals surface area contributed by atoms with Crippen molar-refractivity contribution in [1.82, 2.24) is 10.0 Å². The molecule has 0 unspecified atom stereocenters. The topological polar surface area (TPSA) is 75.3 Å². The van der Waals surface area contributed by atoms with Crippen molar-refractivity contribution in [2.45, 2.75) is 62.9 Å². The predicted octanol–water partition coefficient (Wildman–Crippen LogP) is 2.44. The molecule has 2 N–H and O–H groups in total. The largest absolute Gasteiger partial charge is 0.349 e. The molecule has 1 amide bonds. The Labute approximate surface area is 132 Å². The lowest BCUT2D eigenvalue weighted by molar-refractivity contribution is 0.0937. The summed E-state index contributed by atoms with van der Waals surface area (Å²) in [5.41, 5.74) is -0.190. The van der Waals surface area contributed by atoms with Crippen LogP contribution in [-0.4, -0.2) is 25.9 Å². The molecule has 0 bridgehead atoms. The quantitative estimate of drug-likeness (QED) is 0.893. The highest BCUT2D eigenvalue weighted by atomic mass is 32.2. The summed E-state index contributed by atoms with van der Waals surface area (Å²) < 4.78 is 27.2. The Kier molecular flexibility index (Phi) is 4.92. The number of benzene rings is 1. The number of carbonyl (C=O) groups excluding carboxylic acids is 1. The van der Waals surface area contributed by atoms with Crippen LogP contribution < -0.4 is 10.0 Å². The van der Waals surface area contributed by atoms with Crippen LogP contribution in [0.3, 0.4) is 0 Å². The van der Waals surface area contributed by atoms with E-state index < -0.39 is 15.6 Å². The lowest BCUT2D eigenvalue weighted by Gasteiger charge is -2.20. The second-order valence-electron chi connectivity index (χ2n) is 6.84. The molecule has 6 heteroatoms. The van der Waals surface area contributed by atoms with E-state index in [-0.39, 0.29) is 16.8 Å². The minimum atomic E-state index is -3.63. The van der Waals surface area contributed by atoms with Crippen molar-refractivity contribution in [2.75, 3.05) is 0 Å². The first-order valence-corrected chi connectivity index (χ1v) is 9.11. The van der Waals surface area contributed by atoms with E-state index in [1.165, 1.54) is 12.1 Å². The lowest BCUT2D eigenvalue weighted by atomic mass is 10.1. The zero-order valence-electron chi connectivity index (χ0n) is 13.3. The Hall–Kier alpha value is -1.40. The first kappa shape index (κ1) is 17.0. The molecule has 1 aliphatic carbocycles. The molecular weight excluding hydrogens is 300 g/mol. The minimum Gasteiger partial charge on any atom is -0.349 e. The van der Waals surface area contributed by atoms with Gasteiger partial charge in [0.1, 0.15) is 0 Å². The monoisotopic (exact) mass is 324 g/mol. The highest BCUT2D eigenvalue weighted by Gasteiger charge is 2.23. The molecular formula is C16H24N2O3S. The van der Waals surface area contributed by atoms with E-state index in [0.29, 0.717) is 5.56 Å². The van der Waals surface area contributed by atoms with E-state index in [4.69, 9.17) is 0 Å². The summed E-state index contributed by atoms with van der Waals surface area (Å²) >= 11 is 0. The fraction of sp³-hybridized carbons (Fsp3) is 0.562. The van der Waals surface area contributed by atoms with Crippen LogP contribution in [0.15, 0.2) is 29.2 Å². The summed E-state index contributed by atoms with van der Waals surface area (Å²) in [6.07, 6.45) is 4.26. The molecule has 0 spiro atoms. The van der Waals surface area contributed by atoms with Crippen molar-refractivity contribution in [2.24, 2.45) is 0 Å². The van der Waals surface area contributed by atoms with Crippen LogP contribution in [0.25, 0.3) is 0 Å². The molecule has 122 valence electrons. The SMILES string of the molecule is CC(C)(C)NS(=O)(=O)c1cccc(C(=O)NC2CCCC2)c1. The number of sulfonamides is 1. The first-order valence-electron chi connectivity index (χ1n) is 7.62. The van der Waals surface area contributed by atoms with E-state index in [0.717, 1.165) is 25.7 Å². The molecule has 0 aliphatic heterocycles. The second-order valence-corrected chi connectivity index (χ2v) is 8.52. The Morgan fingerprint density at radius 1 is 1.18 bits per heavy atom. The van der Waals surface area contributed by atoms with Crippen molar-refractivity contribution < 1.29 is 13.2 Å². The summed E-state index contributed by atoms with van der Waals surface area (Å²) in [6, 6.07) is 6.38. The Balaban J connectivity index is 2.17. The highest BCUT2D eigenvalue weighted by Crippen LogP contribution is 2.19. The van der Waals surface area contributed by atoms with Crippen molar-refractivity contribution in [3.63, 3.8) is 0 Å². The third kappa shape index (κ3) is 4.55. The van der Waals surface area contributed by atoms with Crippen molar-refractivity contribution in [1.29, 1.82) is 0 Å². The van der Waals surface area contributed by atoms with Gasteiger partial charge in [0.25, 0.3) is 5.91 Å². The fourth-order valence-electron chi connectivity index (χ4n) is 2.61. The van der Waals surface area contributed by atoms with Crippen LogP contribution in [0.5, 0.6) is 0 Å². The van der Waals surface area contributed by atoms with Gasteiger partial charge in [-0.15, -0.1) is 0 Å². The molecule has 0 aromatic heterocycles. The van der Waals surface area contributed by atoms with Crippen LogP contribution in [0.4, 0.5) is 0 Å². The van der Waals surface area contributed by atoms with E-state index >= 15 is 0 Å². The summed E-state index contributed by atoms with van der Waals surface area (Å²) in [7, 11) is -3.63. The van der Waals surface area contributed by atoms with Gasteiger partial charge in [-0.1, -0.05) is 18.9 Å². The highest BCUT2D eigenvalue weighted by molar-refractivity contribution is 7.89. The Morgan fingerprint density at radius 2 is 1.82 bits per heavy atom. The van der Waals surface area contributed by atoms with Gasteiger partial charge in [0.2, 0.25) is 10.0 Å². The molecule has 0 radical (unpaired) electrons. The Bertz CT molecular complexity index is 642. The molecule has 1 aromatic carbocycles. The van der Waals surface area contributed by atoms with Crippen molar-refractivity contribution in [3.8, 4) is 0 Å². The maximum atomic E-state index is 12.3. The van der Waals surface area contributed by atoms with Crippen LogP contribution in [0.1, 0.15) is 56.8 Å². The van der Waals surface area contributed by atoms with Crippen molar-refractivity contribution >= 4 is 15.9 Å². The third-order valence-corrected chi connectivity index (χ3v) is 5.29. The predicted molar refractivity (Wildman–Crippen MR) is 86.2 cm³/mol. The summed E-state index contributed by atoms with van der Waals surface area (Å²) in [5.74, 6) is -0.209. The van der Waals surface area contributed by atoms with Gasteiger partial charge in [0.05, 0.1) is 4.90 Å². The Morgan fingerprint density at radius 3 is 2.41 bits per heavy atom. The number of nitrogens with one attached hydrogen (secondary N) is 2. The van der Waals surface area contributed by atoms with Gasteiger partial charge in [0.15, 0.2) is 0 Å². The zero-order valence-corrected chi connectivity index (χ0v) is 14.2. The summed E-state index contributed by atoms with van der Waals surface area (Å²) in [4.78, 5) is 12.4. The summed E-state index contributed by atoms with van der Waals surface area (Å²) in [5, 5.41) is 2.97. The molecule has 1 saturated carbocycles. The molecule has 0 saturated heterocycles. The zero-order chi connectivity index (χ0) is 16.4. The van der Waals surface area contributed by atoms with E-state index in [1.54, 1.807) is 32.9 Å². The number of carbonyl (C=O) groups is 1. The van der Waals surface area contributed by atoms with Gasteiger partial charge >= 0.3 is 0 Å². The fourth-order valence-corrected chi connectivity index (χ4v) is 4.07. The molecule has 2 rings (SSSR count). The maximum Gasteiger partial charge on any atom is 0.251 e.